The Morgan fingerprint density at radius 2 is 2.13 bits per heavy atom. The zero-order chi connectivity index (χ0) is 11.3. The number of rotatable bonds is 5. The Labute approximate surface area is 89.0 Å². The van der Waals surface area contributed by atoms with E-state index >= 15 is 0 Å². The molecule has 0 fully saturated rings. The van der Waals surface area contributed by atoms with Crippen LogP contribution in [0.1, 0.15) is 15.9 Å². The molecular weight excluding hydrogens is 194 g/mol. The van der Waals surface area contributed by atoms with Crippen LogP contribution in [-0.2, 0) is 11.3 Å². The summed E-state index contributed by atoms with van der Waals surface area (Å²) in [5, 5.41) is 0. The van der Waals surface area contributed by atoms with Crippen LogP contribution in [0.4, 0.5) is 0 Å². The molecule has 0 aliphatic rings. The fourth-order valence-electron chi connectivity index (χ4n) is 1.34. The lowest BCUT2D eigenvalue weighted by molar-refractivity contribution is 0.100. The topological polar surface area (TPSA) is 61.5 Å². The zero-order valence-electron chi connectivity index (χ0n) is 8.95. The van der Waals surface area contributed by atoms with E-state index in [0.29, 0.717) is 17.9 Å². The second-order valence-electron chi connectivity index (χ2n) is 3.09. The van der Waals surface area contributed by atoms with Gasteiger partial charge in [0.25, 0.3) is 0 Å². The normalized spacial score (nSPS) is 10.1. The van der Waals surface area contributed by atoms with Crippen molar-refractivity contribution in [3.05, 3.63) is 29.3 Å². The van der Waals surface area contributed by atoms with Crippen LogP contribution in [0.15, 0.2) is 18.2 Å². The molecule has 4 heteroatoms. The number of ketones is 1. The molecule has 82 valence electrons. The quantitative estimate of drug-likeness (QED) is 0.734. The van der Waals surface area contributed by atoms with Crippen molar-refractivity contribution >= 4 is 5.78 Å². The predicted molar refractivity (Wildman–Crippen MR) is 57.1 cm³/mol. The summed E-state index contributed by atoms with van der Waals surface area (Å²) in [6, 6.07) is 5.20. The molecule has 0 spiro atoms. The van der Waals surface area contributed by atoms with Crippen molar-refractivity contribution < 1.29 is 14.3 Å². The van der Waals surface area contributed by atoms with Crippen LogP contribution in [0, 0.1) is 0 Å². The first-order chi connectivity index (χ1) is 7.22. The fourth-order valence-corrected chi connectivity index (χ4v) is 1.34. The second-order valence-corrected chi connectivity index (χ2v) is 3.09. The Balaban J connectivity index is 3.04. The Bertz CT molecular complexity index is 350. The van der Waals surface area contributed by atoms with Gasteiger partial charge in [0.05, 0.1) is 20.3 Å². The molecule has 0 aliphatic heterocycles. The van der Waals surface area contributed by atoms with Crippen molar-refractivity contribution in [2.24, 2.45) is 5.73 Å². The smallest absolute Gasteiger partial charge is 0.176 e. The van der Waals surface area contributed by atoms with E-state index in [0.717, 1.165) is 5.56 Å². The van der Waals surface area contributed by atoms with E-state index in [1.165, 1.54) is 0 Å². The zero-order valence-corrected chi connectivity index (χ0v) is 8.95. The van der Waals surface area contributed by atoms with E-state index in [1.807, 2.05) is 0 Å². The van der Waals surface area contributed by atoms with E-state index in [-0.39, 0.29) is 12.3 Å². The van der Waals surface area contributed by atoms with Crippen molar-refractivity contribution in [1.29, 1.82) is 0 Å². The molecule has 4 nitrogen and oxygen atoms in total. The van der Waals surface area contributed by atoms with Crippen LogP contribution in [-0.4, -0.2) is 26.5 Å². The molecule has 15 heavy (non-hydrogen) atoms. The third-order valence-electron chi connectivity index (χ3n) is 2.09. The van der Waals surface area contributed by atoms with Gasteiger partial charge in [0.2, 0.25) is 0 Å². The molecule has 0 radical (unpaired) electrons. The molecule has 0 saturated carbocycles. The van der Waals surface area contributed by atoms with E-state index < -0.39 is 0 Å². The van der Waals surface area contributed by atoms with E-state index in [1.54, 1.807) is 32.4 Å². The van der Waals surface area contributed by atoms with Crippen molar-refractivity contribution in [3.8, 4) is 5.75 Å². The molecule has 2 N–H and O–H groups in total. The average molecular weight is 209 g/mol. The first-order valence-corrected chi connectivity index (χ1v) is 4.62. The summed E-state index contributed by atoms with van der Waals surface area (Å²) in [5.41, 5.74) is 6.72. The van der Waals surface area contributed by atoms with Gasteiger partial charge in [0.1, 0.15) is 5.75 Å². The molecule has 0 aromatic heterocycles. The number of nitrogens with two attached hydrogens (primary N) is 1. The van der Waals surface area contributed by atoms with Crippen LogP contribution < -0.4 is 10.5 Å². The number of Topliss-reactive ketones (excluding diaryl/α,β-unsaturated/α-hetero) is 1. The number of methoxy groups -OCH3 is 2. The molecule has 0 saturated heterocycles. The number of carbonyl (C=O) groups is 1. The maximum Gasteiger partial charge on any atom is 0.176 e. The molecule has 0 atom stereocenters. The van der Waals surface area contributed by atoms with E-state index in [2.05, 4.69) is 0 Å². The van der Waals surface area contributed by atoms with Gasteiger partial charge in [-0.3, -0.25) is 4.79 Å². The second kappa shape index (κ2) is 5.48. The monoisotopic (exact) mass is 209 g/mol. The van der Waals surface area contributed by atoms with Gasteiger partial charge in [-0.05, 0) is 18.2 Å². The number of carbonyl (C=O) groups excluding carboxylic acids is 1. The van der Waals surface area contributed by atoms with Gasteiger partial charge in [-0.25, -0.2) is 0 Å². The molecule has 0 bridgehead atoms. The highest BCUT2D eigenvalue weighted by Gasteiger charge is 2.08. The summed E-state index contributed by atoms with van der Waals surface area (Å²) in [5.74, 6) is 0.625. The van der Waals surface area contributed by atoms with Crippen LogP contribution >= 0.6 is 0 Å². The number of ether oxygens (including phenoxy) is 2. The highest BCUT2D eigenvalue weighted by atomic mass is 16.5. The van der Waals surface area contributed by atoms with Gasteiger partial charge >= 0.3 is 0 Å². The predicted octanol–water partition coefficient (Wildman–Crippen LogP) is 0.983. The maximum absolute atomic E-state index is 11.4. The van der Waals surface area contributed by atoms with Gasteiger partial charge < -0.3 is 15.2 Å². The minimum absolute atomic E-state index is 0.0126. The van der Waals surface area contributed by atoms with E-state index in [9.17, 15) is 4.79 Å². The number of benzene rings is 1. The lowest BCUT2D eigenvalue weighted by Crippen LogP contribution is -2.13. The summed E-state index contributed by atoms with van der Waals surface area (Å²) in [7, 11) is 3.18. The summed E-state index contributed by atoms with van der Waals surface area (Å²) in [6.07, 6.45) is 0. The Hall–Kier alpha value is -1.39. The van der Waals surface area contributed by atoms with Crippen molar-refractivity contribution in [2.75, 3.05) is 20.8 Å². The van der Waals surface area contributed by atoms with Crippen LogP contribution in [0.25, 0.3) is 0 Å². The Morgan fingerprint density at radius 1 is 1.40 bits per heavy atom. The first-order valence-electron chi connectivity index (χ1n) is 4.62. The summed E-state index contributed by atoms with van der Waals surface area (Å²) < 4.78 is 10.2. The van der Waals surface area contributed by atoms with Gasteiger partial charge in [0, 0.05) is 18.2 Å². The summed E-state index contributed by atoms with van der Waals surface area (Å²) in [4.78, 5) is 11.4. The van der Waals surface area contributed by atoms with Crippen molar-refractivity contribution in [2.45, 2.75) is 6.61 Å². The minimum Gasteiger partial charge on any atom is -0.496 e. The molecule has 0 heterocycles. The Morgan fingerprint density at radius 3 is 2.67 bits per heavy atom. The van der Waals surface area contributed by atoms with Crippen LogP contribution in [0.3, 0.4) is 0 Å². The number of hydrogen-bond donors (Lipinski definition) is 1. The van der Waals surface area contributed by atoms with Gasteiger partial charge in [-0.1, -0.05) is 0 Å². The molecule has 1 aromatic carbocycles. The Kier molecular flexibility index (Phi) is 4.27. The third kappa shape index (κ3) is 2.78. The van der Waals surface area contributed by atoms with Crippen molar-refractivity contribution in [1.82, 2.24) is 0 Å². The fraction of sp³-hybridized carbons (Fsp3) is 0.364. The standard InChI is InChI=1S/C11H15NO3/c1-14-7-9-5-8(10(13)6-12)3-4-11(9)15-2/h3-5H,6-7,12H2,1-2H3. The van der Waals surface area contributed by atoms with Crippen LogP contribution in [0.5, 0.6) is 5.75 Å². The van der Waals surface area contributed by atoms with Gasteiger partial charge in [-0.2, -0.15) is 0 Å². The van der Waals surface area contributed by atoms with Crippen molar-refractivity contribution in [3.63, 3.8) is 0 Å². The molecule has 0 aliphatic carbocycles. The minimum atomic E-state index is -0.0880. The van der Waals surface area contributed by atoms with E-state index in [4.69, 9.17) is 15.2 Å². The number of hydrogen-bond acceptors (Lipinski definition) is 4. The highest BCUT2D eigenvalue weighted by Crippen LogP contribution is 2.20. The maximum atomic E-state index is 11.4. The molecule has 0 unspecified atom stereocenters. The van der Waals surface area contributed by atoms with Gasteiger partial charge in [-0.15, -0.1) is 0 Å². The largest absolute Gasteiger partial charge is 0.496 e. The first kappa shape index (κ1) is 11.7. The summed E-state index contributed by atoms with van der Waals surface area (Å²) in [6.45, 7) is 0.424. The molecule has 1 rings (SSSR count). The third-order valence-corrected chi connectivity index (χ3v) is 2.09. The van der Waals surface area contributed by atoms with Gasteiger partial charge in [0.15, 0.2) is 5.78 Å². The highest BCUT2D eigenvalue weighted by molar-refractivity contribution is 5.97. The van der Waals surface area contributed by atoms with Crippen LogP contribution in [0.2, 0.25) is 0 Å². The lowest BCUT2D eigenvalue weighted by atomic mass is 10.1. The summed E-state index contributed by atoms with van der Waals surface area (Å²) >= 11 is 0. The molecular formula is C11H15NO3. The lowest BCUT2D eigenvalue weighted by Gasteiger charge is -2.09. The average Bonchev–Trinajstić information content (AvgIpc) is 2.28. The SMILES string of the molecule is COCc1cc(C(=O)CN)ccc1OC. The molecule has 0 amide bonds. The molecule has 1 aromatic rings.